The van der Waals surface area contributed by atoms with E-state index >= 15 is 0 Å². The fraction of sp³-hybridized carbons (Fsp3) is 0.375. The van der Waals surface area contributed by atoms with E-state index in [4.69, 9.17) is 4.74 Å². The maximum Gasteiger partial charge on any atom is 0.273 e. The smallest absolute Gasteiger partial charge is 0.273 e. The third kappa shape index (κ3) is 4.75. The number of nitrogens with zero attached hydrogens (tertiary/aromatic N) is 2. The molecular formula is C24H28N4O4. The lowest BCUT2D eigenvalue weighted by molar-refractivity contribution is -0.122. The first-order chi connectivity index (χ1) is 15.6. The normalized spacial score (nSPS) is 15.4. The van der Waals surface area contributed by atoms with Crippen LogP contribution in [-0.2, 0) is 11.3 Å². The van der Waals surface area contributed by atoms with Crippen molar-refractivity contribution < 1.29 is 9.53 Å². The third-order valence-electron chi connectivity index (χ3n) is 6.01. The van der Waals surface area contributed by atoms with Gasteiger partial charge in [0, 0.05) is 6.54 Å². The molecule has 0 radical (unpaired) electrons. The lowest BCUT2D eigenvalue weighted by atomic mass is 10.0. The maximum absolute atomic E-state index is 12.7. The highest BCUT2D eigenvalue weighted by Gasteiger charge is 2.23. The van der Waals surface area contributed by atoms with Gasteiger partial charge in [-0.2, -0.15) is 0 Å². The molecule has 2 aromatic carbocycles. The van der Waals surface area contributed by atoms with Crippen LogP contribution in [0.4, 0.5) is 0 Å². The molecule has 8 nitrogen and oxygen atoms in total. The third-order valence-corrected chi connectivity index (χ3v) is 6.01. The number of likely N-dealkylation sites (tertiary alicyclic amines) is 1. The Morgan fingerprint density at radius 1 is 1.03 bits per heavy atom. The Labute approximate surface area is 185 Å². The van der Waals surface area contributed by atoms with Gasteiger partial charge < -0.3 is 10.1 Å². The highest BCUT2D eigenvalue weighted by molar-refractivity contribution is 5.81. The maximum atomic E-state index is 12.7. The summed E-state index contributed by atoms with van der Waals surface area (Å²) in [4.78, 5) is 40.0. The summed E-state index contributed by atoms with van der Waals surface area (Å²) in [5.41, 5.74) is 0.319. The van der Waals surface area contributed by atoms with Gasteiger partial charge >= 0.3 is 0 Å². The molecular weight excluding hydrogens is 408 g/mol. The number of amides is 1. The summed E-state index contributed by atoms with van der Waals surface area (Å²) in [6.07, 6.45) is 3.49. The Kier molecular flexibility index (Phi) is 6.70. The second-order valence-corrected chi connectivity index (χ2v) is 8.07. The van der Waals surface area contributed by atoms with Crippen molar-refractivity contribution in [2.75, 3.05) is 26.7 Å². The number of methoxy groups -OCH3 is 1. The fourth-order valence-corrected chi connectivity index (χ4v) is 4.28. The molecule has 0 aliphatic carbocycles. The van der Waals surface area contributed by atoms with E-state index in [0.29, 0.717) is 17.3 Å². The molecule has 2 heterocycles. The Morgan fingerprint density at radius 3 is 2.41 bits per heavy atom. The number of piperidine rings is 1. The van der Waals surface area contributed by atoms with Crippen molar-refractivity contribution in [3.63, 3.8) is 0 Å². The molecule has 1 aliphatic heterocycles. The van der Waals surface area contributed by atoms with Crippen LogP contribution in [0, 0.1) is 0 Å². The number of aromatic amines is 1. The topological polar surface area (TPSA) is 96.4 Å². The first-order valence-electron chi connectivity index (χ1n) is 10.9. The number of nitrogens with one attached hydrogen (secondary N) is 2. The van der Waals surface area contributed by atoms with Crippen LogP contribution in [0.15, 0.2) is 58.1 Å². The summed E-state index contributed by atoms with van der Waals surface area (Å²) in [5.74, 6) is 0.461. The molecule has 0 spiro atoms. The monoisotopic (exact) mass is 436 g/mol. The minimum atomic E-state index is -0.391. The standard InChI is InChI=1S/C24H28N4O4/c1-32-18-11-9-17(10-12-18)21(27-13-5-2-6-14-27)15-25-22(29)16-28-24(31)20-8-4-3-7-19(20)23(30)26-28/h3-4,7-12,21H,2,5-6,13-16H2,1H3,(H,25,29)(H,26,30). The second kappa shape index (κ2) is 9.82. The first kappa shape index (κ1) is 21.8. The van der Waals surface area contributed by atoms with Gasteiger partial charge in [-0.15, -0.1) is 0 Å². The molecule has 168 valence electrons. The summed E-state index contributed by atoms with van der Waals surface area (Å²) in [6, 6.07) is 14.5. The molecule has 3 aromatic rings. The van der Waals surface area contributed by atoms with Gasteiger partial charge in [0.2, 0.25) is 5.91 Å². The number of ether oxygens (including phenoxy) is 1. The molecule has 1 unspecified atom stereocenters. The predicted octanol–water partition coefficient (Wildman–Crippen LogP) is 2.04. The summed E-state index contributed by atoms with van der Waals surface area (Å²) in [5, 5.41) is 6.08. The number of fused-ring (bicyclic) bond motifs is 1. The molecule has 1 aliphatic rings. The number of carbonyl (C=O) groups is 1. The van der Waals surface area contributed by atoms with E-state index in [1.54, 1.807) is 31.4 Å². The zero-order valence-corrected chi connectivity index (χ0v) is 18.2. The Bertz CT molecular complexity index is 1190. The average molecular weight is 437 g/mol. The van der Waals surface area contributed by atoms with Gasteiger partial charge in [0.05, 0.1) is 23.9 Å². The van der Waals surface area contributed by atoms with Crippen LogP contribution in [0.25, 0.3) is 10.8 Å². The van der Waals surface area contributed by atoms with Crippen LogP contribution in [0.3, 0.4) is 0 Å². The van der Waals surface area contributed by atoms with Gasteiger partial charge in [-0.3, -0.25) is 24.4 Å². The molecule has 0 bridgehead atoms. The highest BCUT2D eigenvalue weighted by atomic mass is 16.5. The van der Waals surface area contributed by atoms with Crippen LogP contribution in [0.2, 0.25) is 0 Å². The van der Waals surface area contributed by atoms with Crippen molar-refractivity contribution >= 4 is 16.7 Å². The molecule has 0 saturated carbocycles. The van der Waals surface area contributed by atoms with E-state index in [1.165, 1.54) is 6.42 Å². The summed E-state index contributed by atoms with van der Waals surface area (Å²) >= 11 is 0. The number of H-pyrrole nitrogens is 1. The van der Waals surface area contributed by atoms with E-state index < -0.39 is 11.1 Å². The molecule has 1 fully saturated rings. The Morgan fingerprint density at radius 2 is 1.72 bits per heavy atom. The average Bonchev–Trinajstić information content (AvgIpc) is 2.83. The zero-order valence-electron chi connectivity index (χ0n) is 18.2. The van der Waals surface area contributed by atoms with E-state index in [9.17, 15) is 14.4 Å². The minimum Gasteiger partial charge on any atom is -0.497 e. The Balaban J connectivity index is 1.49. The van der Waals surface area contributed by atoms with Crippen LogP contribution in [0.1, 0.15) is 30.9 Å². The number of hydrogen-bond donors (Lipinski definition) is 2. The summed E-state index contributed by atoms with van der Waals surface area (Å²) in [6.45, 7) is 2.13. The lowest BCUT2D eigenvalue weighted by Crippen LogP contribution is -2.42. The van der Waals surface area contributed by atoms with E-state index in [-0.39, 0.29) is 18.5 Å². The second-order valence-electron chi connectivity index (χ2n) is 8.07. The van der Waals surface area contributed by atoms with Crippen LogP contribution < -0.4 is 21.2 Å². The van der Waals surface area contributed by atoms with Crippen LogP contribution in [0.5, 0.6) is 5.75 Å². The van der Waals surface area contributed by atoms with E-state index in [0.717, 1.165) is 41.9 Å². The quantitative estimate of drug-likeness (QED) is 0.591. The Hall–Kier alpha value is -3.39. The molecule has 1 saturated heterocycles. The van der Waals surface area contributed by atoms with Gasteiger partial charge in [0.15, 0.2) is 0 Å². The van der Waals surface area contributed by atoms with Gasteiger partial charge in [-0.05, 0) is 55.8 Å². The van der Waals surface area contributed by atoms with Crippen LogP contribution >= 0.6 is 0 Å². The number of benzene rings is 2. The van der Waals surface area contributed by atoms with Gasteiger partial charge in [0.25, 0.3) is 11.1 Å². The summed E-state index contributed by atoms with van der Waals surface area (Å²) in [7, 11) is 1.64. The van der Waals surface area contributed by atoms with Crippen molar-refractivity contribution in [2.45, 2.75) is 31.8 Å². The first-order valence-corrected chi connectivity index (χ1v) is 10.9. The molecule has 2 N–H and O–H groups in total. The van der Waals surface area contributed by atoms with Gasteiger partial charge in [0.1, 0.15) is 12.3 Å². The zero-order chi connectivity index (χ0) is 22.5. The van der Waals surface area contributed by atoms with Crippen molar-refractivity contribution in [3.8, 4) is 5.75 Å². The van der Waals surface area contributed by atoms with E-state index in [2.05, 4.69) is 15.3 Å². The molecule has 1 atom stereocenters. The molecule has 1 amide bonds. The van der Waals surface area contributed by atoms with Gasteiger partial charge in [-0.25, -0.2) is 4.68 Å². The molecule has 8 heteroatoms. The van der Waals surface area contributed by atoms with E-state index in [1.807, 2.05) is 24.3 Å². The largest absolute Gasteiger partial charge is 0.497 e. The molecule has 4 rings (SSSR count). The lowest BCUT2D eigenvalue weighted by Gasteiger charge is -2.35. The van der Waals surface area contributed by atoms with Crippen molar-refractivity contribution in [3.05, 3.63) is 74.8 Å². The number of rotatable bonds is 7. The van der Waals surface area contributed by atoms with Crippen molar-refractivity contribution in [1.29, 1.82) is 0 Å². The highest BCUT2D eigenvalue weighted by Crippen LogP contribution is 2.25. The molecule has 32 heavy (non-hydrogen) atoms. The predicted molar refractivity (Wildman–Crippen MR) is 123 cm³/mol. The summed E-state index contributed by atoms with van der Waals surface area (Å²) < 4.78 is 6.34. The molecule has 1 aromatic heterocycles. The number of carbonyl (C=O) groups excluding carboxylic acids is 1. The van der Waals surface area contributed by atoms with Crippen molar-refractivity contribution in [1.82, 2.24) is 20.0 Å². The fourth-order valence-electron chi connectivity index (χ4n) is 4.28. The number of aromatic nitrogens is 2. The minimum absolute atomic E-state index is 0.0255. The van der Waals surface area contributed by atoms with Crippen molar-refractivity contribution in [2.24, 2.45) is 0 Å². The van der Waals surface area contributed by atoms with Crippen LogP contribution in [-0.4, -0.2) is 47.3 Å². The van der Waals surface area contributed by atoms with Gasteiger partial charge in [-0.1, -0.05) is 30.7 Å². The number of hydrogen-bond acceptors (Lipinski definition) is 5. The SMILES string of the molecule is COc1ccc(C(CNC(=O)Cn2[nH]c(=O)c3ccccc3c2=O)N2CCCCC2)cc1.